The Labute approximate surface area is 398 Å². The van der Waals surface area contributed by atoms with Crippen LogP contribution in [-0.2, 0) is 59.8 Å². The van der Waals surface area contributed by atoms with E-state index in [2.05, 4.69) is 92.2 Å². The maximum Gasteiger partial charge on any atom is 0.259 e. The molecule has 2 spiro atoms. The molecular weight excluding hydrogens is 903 g/mol. The van der Waals surface area contributed by atoms with Gasteiger partial charge in [0.25, 0.3) is 6.04 Å². The van der Waals surface area contributed by atoms with Crippen molar-refractivity contribution in [3.05, 3.63) is 95.4 Å². The lowest BCUT2D eigenvalue weighted by Gasteiger charge is -2.58. The van der Waals surface area contributed by atoms with Gasteiger partial charge in [0.05, 0.1) is 19.3 Å². The van der Waals surface area contributed by atoms with Crippen LogP contribution in [0.1, 0.15) is 71.9 Å². The third-order valence-corrected chi connectivity index (χ3v) is 24.5. The fraction of sp³-hybridized carbons (Fsp3) is 0.612. The Morgan fingerprint density at radius 1 is 0.621 bits per heavy atom. The molecule has 0 N–H and O–H groups in total. The number of hydrogen-bond acceptors (Lipinski definition) is 10. The Hall–Kier alpha value is -3.42. The molecule has 2 aliphatic carbocycles. The first-order chi connectivity index (χ1) is 30.3. The Kier molecular flexibility index (Phi) is 15.8. The Morgan fingerprint density at radius 2 is 1.06 bits per heavy atom. The van der Waals surface area contributed by atoms with Crippen molar-refractivity contribution < 1.29 is 46.6 Å². The molecule has 2 aliphatic heterocycles. The summed E-state index contributed by atoms with van der Waals surface area (Å²) in [5.74, 6) is -0.544. The van der Waals surface area contributed by atoms with Crippen molar-refractivity contribution in [2.45, 2.75) is 191 Å². The summed E-state index contributed by atoms with van der Waals surface area (Å²) in [6, 6.07) is 18.6. The standard InChI is InChI=1S/C25H38N2O5Si2.C24H37NO5Si2/c1-24(2,3)34(8,9)31-22-19(28)15-20(26-4)25(23(22)32-33(5,6)7)16-21(29)27(25)30-17-18-13-11-10-12-14-18;1-23(2,3)32(7,8)29-21-19(26)14-15-24(22(21)30-31(4,5)6)16-20(27)25(24)28-17-18-12-10-9-11-13-18/h10-14,20,22-23H,15-17H2,1-3,5-9H3;9-15,21-22H,16-17H2,1-8H3/t20-,22-,23-,25-;21-,22-,24+/m11/s1. The number of ketones is 2. The van der Waals surface area contributed by atoms with Gasteiger partial charge in [0, 0.05) is 0 Å². The van der Waals surface area contributed by atoms with Gasteiger partial charge in [0.2, 0.25) is 11.8 Å². The number of Topliss-reactive ketones (excluding diaryl/α,β-unsaturated/α-hetero) is 1. The lowest BCUT2D eigenvalue weighted by Crippen LogP contribution is -2.80. The minimum Gasteiger partial charge on any atom is -0.409 e. The monoisotopic (exact) mass is 977 g/mol. The SMILES string of the molecule is CC(C)(C)[Si](C)(C)O[C@@H]1C(=O)C=C[C@]2(CC(=O)N2OCc2ccccc2)[C@@H]1O[Si](C)(C)C.[C-]#[N+][C@@H]1CC(=O)[C@@H](O[Si](C)(C)C(C)(C)C)[C@@H](O[Si](C)(C)C)[C@@]12CC(=O)N2OCc1ccccc1. The summed E-state index contributed by atoms with van der Waals surface area (Å²) in [6.07, 6.45) is 0.756. The molecule has 362 valence electrons. The van der Waals surface area contributed by atoms with Crippen LogP contribution in [0.5, 0.6) is 0 Å². The molecule has 13 nitrogen and oxygen atoms in total. The lowest BCUT2D eigenvalue weighted by molar-refractivity contribution is -0.291. The normalized spacial score (nSPS) is 27.3. The second-order valence-corrected chi connectivity index (χ2v) is 41.6. The number of amides is 2. The van der Waals surface area contributed by atoms with Gasteiger partial charge in [-0.05, 0) is 98.8 Å². The zero-order valence-electron chi connectivity index (χ0n) is 42.3. The van der Waals surface area contributed by atoms with Gasteiger partial charge in [-0.3, -0.25) is 28.9 Å². The molecule has 0 radical (unpaired) electrons. The van der Waals surface area contributed by atoms with Crippen molar-refractivity contribution in [3.63, 3.8) is 0 Å². The highest BCUT2D eigenvalue weighted by Crippen LogP contribution is 2.50. The van der Waals surface area contributed by atoms with E-state index in [9.17, 15) is 19.2 Å². The first-order valence-corrected chi connectivity index (χ1v) is 35.8. The van der Waals surface area contributed by atoms with Crippen molar-refractivity contribution in [1.29, 1.82) is 0 Å². The summed E-state index contributed by atoms with van der Waals surface area (Å²) >= 11 is 0. The maximum atomic E-state index is 13.4. The number of hydroxylamine groups is 4. The van der Waals surface area contributed by atoms with Crippen LogP contribution in [0.2, 0.25) is 75.5 Å². The maximum absolute atomic E-state index is 13.4. The van der Waals surface area contributed by atoms with Crippen molar-refractivity contribution >= 4 is 56.7 Å². The molecule has 2 amide bonds. The van der Waals surface area contributed by atoms with Gasteiger partial charge < -0.3 is 22.5 Å². The lowest BCUT2D eigenvalue weighted by atomic mass is 9.67. The van der Waals surface area contributed by atoms with Crippen molar-refractivity contribution in [2.24, 2.45) is 0 Å². The summed E-state index contributed by atoms with van der Waals surface area (Å²) in [5.41, 5.74) is -0.00246. The third kappa shape index (κ3) is 11.5. The first kappa shape index (κ1) is 53.5. The van der Waals surface area contributed by atoms with Crippen LogP contribution < -0.4 is 0 Å². The van der Waals surface area contributed by atoms with Crippen LogP contribution in [0.25, 0.3) is 4.85 Å². The molecule has 17 heteroatoms. The van der Waals surface area contributed by atoms with E-state index >= 15 is 0 Å². The van der Waals surface area contributed by atoms with Gasteiger partial charge in [0.15, 0.2) is 50.4 Å². The number of nitrogens with zero attached hydrogens (tertiary/aromatic N) is 3. The topological polar surface area (TPSA) is 134 Å². The Morgan fingerprint density at radius 3 is 1.48 bits per heavy atom. The van der Waals surface area contributed by atoms with E-state index in [1.807, 2.05) is 80.3 Å². The number of benzene rings is 2. The molecule has 6 rings (SSSR count). The summed E-state index contributed by atoms with van der Waals surface area (Å²) in [5, 5.41) is 2.57. The van der Waals surface area contributed by atoms with E-state index < -0.39 is 74.8 Å². The molecule has 3 fully saturated rings. The smallest absolute Gasteiger partial charge is 0.259 e. The first-order valence-electron chi connectivity index (χ1n) is 23.1. The molecule has 7 atom stereocenters. The molecule has 0 unspecified atom stereocenters. The van der Waals surface area contributed by atoms with Gasteiger partial charge in [-0.2, -0.15) is 0 Å². The van der Waals surface area contributed by atoms with E-state index in [0.29, 0.717) is 0 Å². The number of carbonyl (C=O) groups excluding carboxylic acids is 4. The van der Waals surface area contributed by atoms with Crippen molar-refractivity contribution in [3.8, 4) is 0 Å². The largest absolute Gasteiger partial charge is 0.409 e. The molecule has 0 bridgehead atoms. The van der Waals surface area contributed by atoms with Gasteiger partial charge >= 0.3 is 0 Å². The van der Waals surface area contributed by atoms with Gasteiger partial charge in [-0.15, -0.1) is 0 Å². The summed E-state index contributed by atoms with van der Waals surface area (Å²) in [4.78, 5) is 67.9. The van der Waals surface area contributed by atoms with Crippen LogP contribution in [-0.4, -0.2) is 108 Å². The predicted molar refractivity (Wildman–Crippen MR) is 266 cm³/mol. The van der Waals surface area contributed by atoms with Crippen LogP contribution in [0, 0.1) is 6.57 Å². The second kappa shape index (κ2) is 19.5. The summed E-state index contributed by atoms with van der Waals surface area (Å²) < 4.78 is 26.5. The zero-order chi connectivity index (χ0) is 49.5. The van der Waals surface area contributed by atoms with E-state index in [4.69, 9.17) is 34.0 Å². The molecule has 1 saturated carbocycles. The highest BCUT2D eigenvalue weighted by Gasteiger charge is 2.72. The molecule has 4 aliphatic rings. The second-order valence-electron chi connectivity index (χ2n) is 23.2. The fourth-order valence-electron chi connectivity index (χ4n) is 8.09. The average molecular weight is 978 g/mol. The van der Waals surface area contributed by atoms with Crippen LogP contribution in [0.4, 0.5) is 0 Å². The highest BCUT2D eigenvalue weighted by atomic mass is 28.4. The minimum absolute atomic E-state index is 0.0207. The van der Waals surface area contributed by atoms with E-state index in [1.165, 1.54) is 10.1 Å². The zero-order valence-corrected chi connectivity index (χ0v) is 46.3. The molecule has 2 aromatic carbocycles. The summed E-state index contributed by atoms with van der Waals surface area (Å²) in [7, 11) is -8.92. The number of rotatable bonds is 14. The highest BCUT2D eigenvalue weighted by molar-refractivity contribution is 6.75. The Balaban J connectivity index is 0.000000248. The van der Waals surface area contributed by atoms with Gasteiger partial charge in [-0.25, -0.2) is 16.7 Å². The van der Waals surface area contributed by atoms with E-state index in [1.54, 1.807) is 12.2 Å². The Bertz CT molecular complexity index is 2160. The molecule has 66 heavy (non-hydrogen) atoms. The number of β-lactam (4-membered cyclic amide) rings is 2. The number of hydrogen-bond donors (Lipinski definition) is 0. The average Bonchev–Trinajstić information content (AvgIpc) is 3.18. The van der Waals surface area contributed by atoms with E-state index in [-0.39, 0.29) is 65.9 Å². The van der Waals surface area contributed by atoms with Crippen LogP contribution in [0.15, 0.2) is 72.8 Å². The van der Waals surface area contributed by atoms with Gasteiger partial charge in [-0.1, -0.05) is 102 Å². The number of carbonyl (C=O) groups is 4. The summed E-state index contributed by atoms with van der Waals surface area (Å²) in [6.45, 7) is 42.1. The molecule has 0 aromatic heterocycles. The molecular formula is C49H75N3O10Si4. The van der Waals surface area contributed by atoms with Crippen molar-refractivity contribution in [1.82, 2.24) is 10.1 Å². The molecule has 2 heterocycles. The van der Waals surface area contributed by atoms with Crippen LogP contribution in [0.3, 0.4) is 0 Å². The predicted octanol–water partition coefficient (Wildman–Crippen LogP) is 9.80. The van der Waals surface area contributed by atoms with Crippen molar-refractivity contribution in [2.75, 3.05) is 0 Å². The molecule has 2 aromatic rings. The minimum atomic E-state index is -2.35. The molecule has 2 saturated heterocycles. The van der Waals surface area contributed by atoms with Crippen LogP contribution >= 0.6 is 0 Å². The quantitative estimate of drug-likeness (QED) is 0.102. The fourth-order valence-corrected chi connectivity index (χ4v) is 12.7. The van der Waals surface area contributed by atoms with Gasteiger partial charge in [0.1, 0.15) is 43.2 Å². The van der Waals surface area contributed by atoms with E-state index in [0.717, 1.165) is 11.1 Å². The third-order valence-electron chi connectivity index (χ3n) is 13.7.